The van der Waals surface area contributed by atoms with Crippen molar-refractivity contribution < 1.29 is 27.5 Å². The van der Waals surface area contributed by atoms with Crippen molar-refractivity contribution >= 4 is 11.6 Å². The summed E-state index contributed by atoms with van der Waals surface area (Å²) in [6.07, 6.45) is -3.36. The lowest BCUT2D eigenvalue weighted by molar-refractivity contribution is -0.138. The summed E-state index contributed by atoms with van der Waals surface area (Å²) in [5, 5.41) is 29.3. The highest BCUT2D eigenvalue weighted by molar-refractivity contribution is 5.96. The van der Waals surface area contributed by atoms with Crippen LogP contribution in [0.1, 0.15) is 18.1 Å². The molecule has 160 valence electrons. The zero-order chi connectivity index (χ0) is 22.8. The maximum Gasteiger partial charge on any atom is 0.417 e. The van der Waals surface area contributed by atoms with Crippen LogP contribution in [-0.4, -0.2) is 31.6 Å². The smallest absolute Gasteiger partial charge is 0.378 e. The highest BCUT2D eigenvalue weighted by atomic mass is 19.4. The standard InChI is InChI=1S/C20H15F4N5O2/c1-19(31,11-29-10-17(27-28-29)12-2-5-14(21)6-3-12)18(30)26-15-7-4-13(9-25)16(8-15)20(22,23)24/h2-8,10,31H,11H2,1H3,(H,26,30)/t19-/m0/s1. The van der Waals surface area contributed by atoms with Crippen molar-refractivity contribution in [3.8, 4) is 17.3 Å². The van der Waals surface area contributed by atoms with Gasteiger partial charge in [0.05, 0.1) is 29.9 Å². The second-order valence-electron chi connectivity index (χ2n) is 6.91. The third kappa shape index (κ3) is 5.04. The minimum absolute atomic E-state index is 0.234. The number of nitrogens with zero attached hydrogens (tertiary/aromatic N) is 4. The molecular formula is C20H15F4N5O2. The quantitative estimate of drug-likeness (QED) is 0.601. The summed E-state index contributed by atoms with van der Waals surface area (Å²) < 4.78 is 53.5. The number of alkyl halides is 3. The molecule has 2 N–H and O–H groups in total. The lowest BCUT2D eigenvalue weighted by Crippen LogP contribution is -2.43. The number of nitriles is 1. The Morgan fingerprint density at radius 3 is 2.52 bits per heavy atom. The van der Waals surface area contributed by atoms with E-state index in [0.717, 1.165) is 19.1 Å². The first-order valence-electron chi connectivity index (χ1n) is 8.81. The third-order valence-corrected chi connectivity index (χ3v) is 4.34. The number of hydrogen-bond donors (Lipinski definition) is 2. The summed E-state index contributed by atoms with van der Waals surface area (Å²) in [6.45, 7) is 0.811. The van der Waals surface area contributed by atoms with Crippen molar-refractivity contribution in [2.45, 2.75) is 25.2 Å². The molecule has 0 spiro atoms. The Hall–Kier alpha value is -3.78. The van der Waals surface area contributed by atoms with E-state index in [1.165, 1.54) is 41.2 Å². The molecule has 7 nitrogen and oxygen atoms in total. The van der Waals surface area contributed by atoms with Gasteiger partial charge in [0.25, 0.3) is 5.91 Å². The maximum absolute atomic E-state index is 13.1. The Balaban J connectivity index is 1.75. The summed E-state index contributed by atoms with van der Waals surface area (Å²) in [5.41, 5.74) is -3.14. The van der Waals surface area contributed by atoms with Crippen LogP contribution < -0.4 is 5.32 Å². The Labute approximate surface area is 173 Å². The molecule has 0 aliphatic heterocycles. The topological polar surface area (TPSA) is 104 Å². The predicted octanol–water partition coefficient (Wildman–Crippen LogP) is 3.36. The lowest BCUT2D eigenvalue weighted by Gasteiger charge is -2.22. The first kappa shape index (κ1) is 21.9. The molecule has 1 aromatic heterocycles. The monoisotopic (exact) mass is 433 g/mol. The van der Waals surface area contributed by atoms with Crippen molar-refractivity contribution in [3.63, 3.8) is 0 Å². The van der Waals surface area contributed by atoms with E-state index in [9.17, 15) is 27.5 Å². The van der Waals surface area contributed by atoms with Gasteiger partial charge in [-0.2, -0.15) is 18.4 Å². The molecule has 0 unspecified atom stereocenters. The van der Waals surface area contributed by atoms with Crippen LogP contribution in [0.5, 0.6) is 0 Å². The van der Waals surface area contributed by atoms with Gasteiger partial charge in [0.2, 0.25) is 0 Å². The molecule has 1 atom stereocenters. The molecule has 0 aliphatic carbocycles. The van der Waals surface area contributed by atoms with Gasteiger partial charge in [-0.3, -0.25) is 4.79 Å². The van der Waals surface area contributed by atoms with E-state index in [1.807, 2.05) is 0 Å². The normalized spacial score (nSPS) is 13.3. The zero-order valence-corrected chi connectivity index (χ0v) is 16.0. The molecule has 1 amide bonds. The van der Waals surface area contributed by atoms with E-state index in [1.54, 1.807) is 0 Å². The fourth-order valence-corrected chi connectivity index (χ4v) is 2.74. The molecule has 0 radical (unpaired) electrons. The summed E-state index contributed by atoms with van der Waals surface area (Å²) in [4.78, 5) is 12.5. The number of aromatic nitrogens is 3. The summed E-state index contributed by atoms with van der Waals surface area (Å²) in [5.74, 6) is -1.41. The molecule has 0 aliphatic rings. The number of amides is 1. The molecule has 11 heteroatoms. The van der Waals surface area contributed by atoms with Crippen molar-refractivity contribution in [2.24, 2.45) is 0 Å². The number of halogens is 4. The largest absolute Gasteiger partial charge is 0.417 e. The Morgan fingerprint density at radius 2 is 1.90 bits per heavy atom. The lowest BCUT2D eigenvalue weighted by atomic mass is 10.0. The Morgan fingerprint density at radius 1 is 1.23 bits per heavy atom. The molecule has 0 saturated heterocycles. The van der Waals surface area contributed by atoms with Crippen LogP contribution in [0.3, 0.4) is 0 Å². The van der Waals surface area contributed by atoms with Crippen LogP contribution in [0.4, 0.5) is 23.2 Å². The molecule has 1 heterocycles. The molecule has 3 aromatic rings. The number of carbonyl (C=O) groups is 1. The number of aliphatic hydroxyl groups is 1. The van der Waals surface area contributed by atoms with Gasteiger partial charge in [0, 0.05) is 11.3 Å². The number of carbonyl (C=O) groups excluding carboxylic acids is 1. The first-order chi connectivity index (χ1) is 14.5. The molecule has 31 heavy (non-hydrogen) atoms. The Kier molecular flexibility index (Phi) is 5.77. The van der Waals surface area contributed by atoms with Crippen LogP contribution in [0.25, 0.3) is 11.3 Å². The number of anilines is 1. The molecular weight excluding hydrogens is 418 g/mol. The van der Waals surface area contributed by atoms with Crippen LogP contribution >= 0.6 is 0 Å². The first-order valence-corrected chi connectivity index (χ1v) is 8.81. The zero-order valence-electron chi connectivity index (χ0n) is 16.0. The van der Waals surface area contributed by atoms with E-state index < -0.39 is 34.6 Å². The SMILES string of the molecule is C[C@](O)(Cn1cc(-c2ccc(F)cc2)nn1)C(=O)Nc1ccc(C#N)c(C(F)(F)F)c1. The Bertz CT molecular complexity index is 1150. The summed E-state index contributed by atoms with van der Waals surface area (Å²) in [7, 11) is 0. The van der Waals surface area contributed by atoms with Gasteiger partial charge in [0.15, 0.2) is 5.60 Å². The average Bonchev–Trinajstić information content (AvgIpc) is 3.15. The second kappa shape index (κ2) is 8.16. The van der Waals surface area contributed by atoms with Crippen molar-refractivity contribution in [1.82, 2.24) is 15.0 Å². The van der Waals surface area contributed by atoms with Gasteiger partial charge >= 0.3 is 6.18 Å². The molecule has 2 aromatic carbocycles. The second-order valence-corrected chi connectivity index (χ2v) is 6.91. The average molecular weight is 433 g/mol. The van der Waals surface area contributed by atoms with Gasteiger partial charge in [-0.25, -0.2) is 9.07 Å². The highest BCUT2D eigenvalue weighted by Crippen LogP contribution is 2.33. The van der Waals surface area contributed by atoms with Crippen LogP contribution in [0.15, 0.2) is 48.7 Å². The van der Waals surface area contributed by atoms with E-state index in [-0.39, 0.29) is 12.2 Å². The van der Waals surface area contributed by atoms with E-state index in [2.05, 4.69) is 15.6 Å². The van der Waals surface area contributed by atoms with Crippen LogP contribution in [-0.2, 0) is 17.5 Å². The highest BCUT2D eigenvalue weighted by Gasteiger charge is 2.35. The van der Waals surface area contributed by atoms with Gasteiger partial charge in [-0.1, -0.05) is 5.21 Å². The van der Waals surface area contributed by atoms with Gasteiger partial charge in [0.1, 0.15) is 11.5 Å². The minimum atomic E-state index is -4.79. The van der Waals surface area contributed by atoms with Crippen molar-refractivity contribution in [2.75, 3.05) is 5.32 Å². The fourth-order valence-electron chi connectivity index (χ4n) is 2.74. The van der Waals surface area contributed by atoms with E-state index >= 15 is 0 Å². The van der Waals surface area contributed by atoms with Crippen LogP contribution in [0.2, 0.25) is 0 Å². The fraction of sp³-hybridized carbons (Fsp3) is 0.200. The third-order valence-electron chi connectivity index (χ3n) is 4.34. The van der Waals surface area contributed by atoms with Crippen LogP contribution in [0, 0.1) is 17.1 Å². The summed E-state index contributed by atoms with van der Waals surface area (Å²) in [6, 6.07) is 9.57. The molecule has 0 fully saturated rings. The van der Waals surface area contributed by atoms with E-state index in [4.69, 9.17) is 5.26 Å². The molecule has 3 rings (SSSR count). The van der Waals surface area contributed by atoms with Gasteiger partial charge in [-0.05, 0) is 49.4 Å². The van der Waals surface area contributed by atoms with Crippen molar-refractivity contribution in [1.29, 1.82) is 5.26 Å². The maximum atomic E-state index is 13.1. The minimum Gasteiger partial charge on any atom is -0.378 e. The number of hydrogen-bond acceptors (Lipinski definition) is 5. The number of benzene rings is 2. The van der Waals surface area contributed by atoms with Gasteiger partial charge in [-0.15, -0.1) is 5.10 Å². The molecule has 0 saturated carbocycles. The van der Waals surface area contributed by atoms with Gasteiger partial charge < -0.3 is 10.4 Å². The number of rotatable bonds is 5. The summed E-state index contributed by atoms with van der Waals surface area (Å²) >= 11 is 0. The van der Waals surface area contributed by atoms with E-state index in [0.29, 0.717) is 17.3 Å². The predicted molar refractivity (Wildman–Crippen MR) is 101 cm³/mol. The number of nitrogens with one attached hydrogen (secondary N) is 1. The molecule has 0 bridgehead atoms. The van der Waals surface area contributed by atoms with Crippen molar-refractivity contribution in [3.05, 3.63) is 65.6 Å².